The van der Waals surface area contributed by atoms with Gasteiger partial charge in [0.05, 0.1) is 11.5 Å². The standard InChI is InChI=1S/C15H20O4/c1-8-4-10(16)5-14(3)7-12-11(6-15(8,14)18)9(2)13(17)19-12/h4,9,11-12,18H,5-7H2,1-3H3/t9-,11+,12+,14+,15+/m0/s1. The Morgan fingerprint density at radius 2 is 2.05 bits per heavy atom. The Hall–Kier alpha value is -1.16. The molecule has 1 aliphatic heterocycles. The van der Waals surface area contributed by atoms with E-state index in [0.717, 1.165) is 5.57 Å². The van der Waals surface area contributed by atoms with E-state index < -0.39 is 11.0 Å². The van der Waals surface area contributed by atoms with Crippen LogP contribution in [0.4, 0.5) is 0 Å². The highest BCUT2D eigenvalue weighted by Crippen LogP contribution is 2.57. The van der Waals surface area contributed by atoms with E-state index in [9.17, 15) is 14.7 Å². The minimum atomic E-state index is -0.982. The molecule has 4 nitrogen and oxygen atoms in total. The van der Waals surface area contributed by atoms with Crippen LogP contribution in [-0.2, 0) is 14.3 Å². The smallest absolute Gasteiger partial charge is 0.309 e. The number of rotatable bonds is 0. The van der Waals surface area contributed by atoms with E-state index in [1.54, 1.807) is 6.08 Å². The molecule has 0 aromatic rings. The van der Waals surface area contributed by atoms with Crippen molar-refractivity contribution in [3.05, 3.63) is 11.6 Å². The van der Waals surface area contributed by atoms with Crippen molar-refractivity contribution in [1.82, 2.24) is 0 Å². The van der Waals surface area contributed by atoms with Crippen molar-refractivity contribution in [3.63, 3.8) is 0 Å². The summed E-state index contributed by atoms with van der Waals surface area (Å²) in [5, 5.41) is 11.1. The van der Waals surface area contributed by atoms with Crippen LogP contribution >= 0.6 is 0 Å². The molecule has 4 heteroatoms. The predicted octanol–water partition coefficient (Wildman–Crippen LogP) is 1.61. The van der Waals surface area contributed by atoms with Crippen LogP contribution in [0.5, 0.6) is 0 Å². The predicted molar refractivity (Wildman–Crippen MR) is 68.2 cm³/mol. The largest absolute Gasteiger partial charge is 0.462 e. The zero-order valence-electron chi connectivity index (χ0n) is 11.6. The molecule has 1 N–H and O–H groups in total. The van der Waals surface area contributed by atoms with Crippen LogP contribution in [0.1, 0.15) is 40.0 Å². The number of aliphatic hydroxyl groups is 1. The Morgan fingerprint density at radius 1 is 1.37 bits per heavy atom. The number of hydrogen-bond acceptors (Lipinski definition) is 4. The molecule has 2 aliphatic carbocycles. The molecule has 1 heterocycles. The van der Waals surface area contributed by atoms with Gasteiger partial charge in [-0.05, 0) is 31.4 Å². The van der Waals surface area contributed by atoms with Gasteiger partial charge < -0.3 is 9.84 Å². The second-order valence-corrected chi connectivity index (χ2v) is 6.73. The molecule has 0 unspecified atom stereocenters. The molecule has 19 heavy (non-hydrogen) atoms. The van der Waals surface area contributed by atoms with Crippen molar-refractivity contribution in [3.8, 4) is 0 Å². The molecule has 2 fully saturated rings. The van der Waals surface area contributed by atoms with Crippen LogP contribution in [0.15, 0.2) is 11.6 Å². The third-order valence-corrected chi connectivity index (χ3v) is 5.53. The van der Waals surface area contributed by atoms with Crippen LogP contribution in [0.25, 0.3) is 0 Å². The summed E-state index contributed by atoms with van der Waals surface area (Å²) in [7, 11) is 0. The van der Waals surface area contributed by atoms with E-state index in [-0.39, 0.29) is 29.7 Å². The first kappa shape index (κ1) is 12.9. The maximum absolute atomic E-state index is 11.8. The zero-order valence-corrected chi connectivity index (χ0v) is 11.6. The number of carbonyl (C=O) groups excluding carboxylic acids is 2. The normalized spacial score (nSPS) is 49.3. The van der Waals surface area contributed by atoms with Gasteiger partial charge >= 0.3 is 5.97 Å². The molecule has 1 saturated heterocycles. The van der Waals surface area contributed by atoms with E-state index >= 15 is 0 Å². The summed E-state index contributed by atoms with van der Waals surface area (Å²) in [5.74, 6) is -0.222. The molecule has 104 valence electrons. The molecule has 0 bridgehead atoms. The third kappa shape index (κ3) is 1.55. The number of ether oxygens (including phenoxy) is 1. The number of ketones is 1. The average Bonchev–Trinajstić information content (AvgIpc) is 2.54. The van der Waals surface area contributed by atoms with Gasteiger partial charge in [-0.1, -0.05) is 13.8 Å². The van der Waals surface area contributed by atoms with Crippen molar-refractivity contribution >= 4 is 11.8 Å². The molecule has 0 aromatic heterocycles. The van der Waals surface area contributed by atoms with Crippen molar-refractivity contribution in [1.29, 1.82) is 0 Å². The Balaban J connectivity index is 2.03. The fourth-order valence-electron chi connectivity index (χ4n) is 4.19. The Labute approximate surface area is 112 Å². The van der Waals surface area contributed by atoms with Crippen LogP contribution in [0.2, 0.25) is 0 Å². The number of fused-ring (bicyclic) bond motifs is 2. The number of esters is 1. The minimum Gasteiger partial charge on any atom is -0.462 e. The SMILES string of the molecule is CC1=CC(=O)C[C@]2(C)C[C@H]3OC(=O)[C@@H](C)[C@H]3C[C@@]12O. The fraction of sp³-hybridized carbons (Fsp3) is 0.733. The maximum Gasteiger partial charge on any atom is 0.309 e. The topological polar surface area (TPSA) is 63.6 Å². The summed E-state index contributed by atoms with van der Waals surface area (Å²) >= 11 is 0. The highest BCUT2D eigenvalue weighted by Gasteiger charge is 2.61. The lowest BCUT2D eigenvalue weighted by Crippen LogP contribution is -2.58. The zero-order chi connectivity index (χ0) is 14.0. The van der Waals surface area contributed by atoms with Gasteiger partial charge in [0, 0.05) is 17.8 Å². The lowest BCUT2D eigenvalue weighted by molar-refractivity contribution is -0.156. The van der Waals surface area contributed by atoms with Gasteiger partial charge in [-0.3, -0.25) is 9.59 Å². The summed E-state index contributed by atoms with van der Waals surface area (Å²) in [6.45, 7) is 5.62. The van der Waals surface area contributed by atoms with Gasteiger partial charge in [0.2, 0.25) is 0 Å². The van der Waals surface area contributed by atoms with Crippen molar-refractivity contribution in [2.45, 2.75) is 51.7 Å². The Kier molecular flexibility index (Phi) is 2.50. The summed E-state index contributed by atoms with van der Waals surface area (Å²) in [6, 6.07) is 0. The van der Waals surface area contributed by atoms with Gasteiger partial charge in [-0.2, -0.15) is 0 Å². The molecule has 3 aliphatic rings. The Bertz CT molecular complexity index is 494. The molecular formula is C15H20O4. The van der Waals surface area contributed by atoms with E-state index in [0.29, 0.717) is 19.3 Å². The number of allylic oxidation sites excluding steroid dienone is 1. The van der Waals surface area contributed by atoms with Crippen molar-refractivity contribution < 1.29 is 19.4 Å². The lowest BCUT2D eigenvalue weighted by atomic mass is 9.53. The molecule has 3 rings (SSSR count). The second kappa shape index (κ2) is 3.69. The molecular weight excluding hydrogens is 244 g/mol. The molecule has 0 aromatic carbocycles. The highest BCUT2D eigenvalue weighted by atomic mass is 16.6. The van der Waals surface area contributed by atoms with Crippen LogP contribution in [0.3, 0.4) is 0 Å². The molecule has 0 spiro atoms. The first-order chi connectivity index (χ1) is 8.77. The van der Waals surface area contributed by atoms with Gasteiger partial charge in [0.25, 0.3) is 0 Å². The highest BCUT2D eigenvalue weighted by molar-refractivity contribution is 5.92. The minimum absolute atomic E-state index is 0.0560. The van der Waals surface area contributed by atoms with Crippen molar-refractivity contribution in [2.24, 2.45) is 17.3 Å². The first-order valence-electron chi connectivity index (χ1n) is 6.91. The molecule has 0 amide bonds. The van der Waals surface area contributed by atoms with E-state index in [1.807, 2.05) is 20.8 Å². The summed E-state index contributed by atoms with van der Waals surface area (Å²) in [6.07, 6.45) is 2.82. The third-order valence-electron chi connectivity index (χ3n) is 5.53. The van der Waals surface area contributed by atoms with Gasteiger partial charge in [-0.15, -0.1) is 0 Å². The maximum atomic E-state index is 11.8. The molecule has 5 atom stereocenters. The summed E-state index contributed by atoms with van der Waals surface area (Å²) in [4.78, 5) is 23.5. The fourth-order valence-corrected chi connectivity index (χ4v) is 4.19. The van der Waals surface area contributed by atoms with E-state index in [2.05, 4.69) is 0 Å². The van der Waals surface area contributed by atoms with Crippen LogP contribution in [0, 0.1) is 17.3 Å². The van der Waals surface area contributed by atoms with Crippen LogP contribution < -0.4 is 0 Å². The summed E-state index contributed by atoms with van der Waals surface area (Å²) in [5.41, 5.74) is -0.769. The molecule has 0 radical (unpaired) electrons. The lowest BCUT2D eigenvalue weighted by Gasteiger charge is -2.54. The van der Waals surface area contributed by atoms with Crippen LogP contribution in [-0.4, -0.2) is 28.6 Å². The second-order valence-electron chi connectivity index (χ2n) is 6.73. The first-order valence-corrected chi connectivity index (χ1v) is 6.91. The Morgan fingerprint density at radius 3 is 2.74 bits per heavy atom. The van der Waals surface area contributed by atoms with E-state index in [4.69, 9.17) is 4.74 Å². The number of carbonyl (C=O) groups is 2. The average molecular weight is 264 g/mol. The monoisotopic (exact) mass is 264 g/mol. The van der Waals surface area contributed by atoms with Crippen molar-refractivity contribution in [2.75, 3.05) is 0 Å². The van der Waals surface area contributed by atoms with E-state index in [1.165, 1.54) is 0 Å². The van der Waals surface area contributed by atoms with Gasteiger partial charge in [0.15, 0.2) is 5.78 Å². The number of hydrogen-bond donors (Lipinski definition) is 1. The van der Waals surface area contributed by atoms with Gasteiger partial charge in [-0.25, -0.2) is 0 Å². The summed E-state index contributed by atoms with van der Waals surface area (Å²) < 4.78 is 5.43. The molecule has 1 saturated carbocycles. The van der Waals surface area contributed by atoms with Gasteiger partial charge in [0.1, 0.15) is 6.10 Å². The quantitative estimate of drug-likeness (QED) is 0.675.